The largest absolute Gasteiger partial charge is 0.393 e. The molecule has 2 heterocycles. The van der Waals surface area contributed by atoms with Gasteiger partial charge in [-0.25, -0.2) is 13.8 Å². The molecule has 6 nitrogen and oxygen atoms in total. The lowest BCUT2D eigenvalue weighted by Gasteiger charge is -2.45. The smallest absolute Gasteiger partial charge is 0.255 e. The van der Waals surface area contributed by atoms with Crippen molar-refractivity contribution in [1.29, 1.82) is 0 Å². The topological polar surface area (TPSA) is 91.5 Å². The third-order valence-electron chi connectivity index (χ3n) is 9.85. The molecule has 4 aliphatic rings. The number of hydrogen-bond donors (Lipinski definition) is 3. The second-order valence-electron chi connectivity index (χ2n) is 12.1. The Balaban J connectivity index is 1.15. The van der Waals surface area contributed by atoms with Crippen LogP contribution in [-0.2, 0) is 5.41 Å². The molecule has 1 aromatic carbocycles. The zero-order valence-electron chi connectivity index (χ0n) is 21.8. The summed E-state index contributed by atoms with van der Waals surface area (Å²) in [5.74, 6) is -1.91. The number of nitrogens with one attached hydrogen (secondary N) is 1. The third kappa shape index (κ3) is 4.81. The van der Waals surface area contributed by atoms with E-state index < -0.39 is 5.92 Å². The average Bonchev–Trinajstić information content (AvgIpc) is 3.16. The molecule has 8 heteroatoms. The standard InChI is InChI=1S/C30H38F2N4O2/c31-30(32)13-10-24(11-14-30)36-17-22-9-12-29(22,18-36)21-3-1-19(2-4-21)20-15-26(27(33)34-16-20)28(38)35-23-5-7-25(37)8-6-23/h1-4,15-16,22-25,37H,5-14,17-18H2,(H2,33,34)(H,35,38)/t22-,23?,25?,29+/m1/s1. The van der Waals surface area contributed by atoms with Crippen LogP contribution < -0.4 is 11.1 Å². The molecule has 204 valence electrons. The zero-order chi connectivity index (χ0) is 26.5. The Kier molecular flexibility index (Phi) is 6.67. The Labute approximate surface area is 223 Å². The number of hydrogen-bond acceptors (Lipinski definition) is 5. The number of anilines is 1. The van der Waals surface area contributed by atoms with Gasteiger partial charge in [0.15, 0.2) is 0 Å². The maximum Gasteiger partial charge on any atom is 0.255 e. The van der Waals surface area contributed by atoms with E-state index in [1.807, 2.05) is 6.07 Å². The molecule has 2 atom stereocenters. The van der Waals surface area contributed by atoms with E-state index in [0.29, 0.717) is 37.2 Å². The SMILES string of the molecule is Nc1ncc(-c2ccc([C@@]34CC[C@@H]3CN(C3CCC(F)(F)CC3)C4)cc2)cc1C(=O)NC1CCC(O)CC1. The van der Waals surface area contributed by atoms with E-state index in [4.69, 9.17) is 5.73 Å². The molecule has 0 radical (unpaired) electrons. The number of carbonyl (C=O) groups is 1. The molecule has 6 rings (SSSR count). The van der Waals surface area contributed by atoms with Crippen molar-refractivity contribution in [3.63, 3.8) is 0 Å². The molecule has 1 aromatic heterocycles. The molecule has 1 aliphatic heterocycles. The van der Waals surface area contributed by atoms with Crippen LogP contribution in [0.1, 0.15) is 80.1 Å². The summed E-state index contributed by atoms with van der Waals surface area (Å²) >= 11 is 0. The Hall–Kier alpha value is -2.58. The average molecular weight is 525 g/mol. The predicted molar refractivity (Wildman–Crippen MR) is 143 cm³/mol. The lowest BCUT2D eigenvalue weighted by Crippen LogP contribution is -2.44. The van der Waals surface area contributed by atoms with Gasteiger partial charge in [0.1, 0.15) is 5.82 Å². The van der Waals surface area contributed by atoms with Crippen molar-refractivity contribution >= 4 is 11.7 Å². The first-order chi connectivity index (χ1) is 18.2. The highest BCUT2D eigenvalue weighted by atomic mass is 19.3. The van der Waals surface area contributed by atoms with E-state index in [0.717, 1.165) is 43.5 Å². The molecule has 0 spiro atoms. The third-order valence-corrected chi connectivity index (χ3v) is 9.85. The van der Waals surface area contributed by atoms with Crippen molar-refractivity contribution in [3.8, 4) is 11.1 Å². The number of likely N-dealkylation sites (tertiary alicyclic amines) is 1. The summed E-state index contributed by atoms with van der Waals surface area (Å²) in [6, 6.07) is 10.7. The maximum absolute atomic E-state index is 13.7. The number of aromatic nitrogens is 1. The minimum absolute atomic E-state index is 0.0138. The minimum atomic E-state index is -2.49. The van der Waals surface area contributed by atoms with Gasteiger partial charge in [-0.15, -0.1) is 0 Å². The molecule has 3 aliphatic carbocycles. The van der Waals surface area contributed by atoms with Crippen LogP contribution in [0.2, 0.25) is 0 Å². The highest BCUT2D eigenvalue weighted by Crippen LogP contribution is 2.55. The summed E-state index contributed by atoms with van der Waals surface area (Å²) in [7, 11) is 0. The Morgan fingerprint density at radius 2 is 1.71 bits per heavy atom. The van der Waals surface area contributed by atoms with Gasteiger partial charge in [-0.2, -0.15) is 0 Å². The van der Waals surface area contributed by atoms with Gasteiger partial charge < -0.3 is 16.2 Å². The molecule has 38 heavy (non-hydrogen) atoms. The van der Waals surface area contributed by atoms with E-state index in [1.54, 1.807) is 6.20 Å². The van der Waals surface area contributed by atoms with Crippen molar-refractivity contribution in [2.24, 2.45) is 5.92 Å². The number of nitrogens with two attached hydrogens (primary N) is 1. The number of nitrogen functional groups attached to an aromatic ring is 1. The van der Waals surface area contributed by atoms with Crippen LogP contribution in [0.15, 0.2) is 36.5 Å². The number of halogens is 2. The second-order valence-corrected chi connectivity index (χ2v) is 12.1. The van der Waals surface area contributed by atoms with Gasteiger partial charge in [0.05, 0.1) is 11.7 Å². The molecular formula is C30H38F2N4O2. The zero-order valence-corrected chi connectivity index (χ0v) is 21.8. The summed E-state index contributed by atoms with van der Waals surface area (Å²) in [6.45, 7) is 1.97. The van der Waals surface area contributed by atoms with E-state index in [2.05, 4.69) is 39.5 Å². The van der Waals surface area contributed by atoms with Crippen LogP contribution in [0.3, 0.4) is 0 Å². The van der Waals surface area contributed by atoms with Gasteiger partial charge >= 0.3 is 0 Å². The lowest BCUT2D eigenvalue weighted by atomic mass is 9.58. The highest BCUT2D eigenvalue weighted by Gasteiger charge is 2.55. The first-order valence-electron chi connectivity index (χ1n) is 14.2. The Morgan fingerprint density at radius 1 is 1.00 bits per heavy atom. The van der Waals surface area contributed by atoms with Gasteiger partial charge in [-0.05, 0) is 74.5 Å². The normalized spacial score (nSPS) is 31.4. The number of fused-ring (bicyclic) bond motifs is 1. The number of aliphatic hydroxyl groups excluding tert-OH is 1. The highest BCUT2D eigenvalue weighted by molar-refractivity contribution is 5.99. The van der Waals surface area contributed by atoms with Gasteiger partial charge in [0.25, 0.3) is 5.91 Å². The van der Waals surface area contributed by atoms with Crippen molar-refractivity contribution in [1.82, 2.24) is 15.2 Å². The fourth-order valence-electron chi connectivity index (χ4n) is 7.31. The van der Waals surface area contributed by atoms with Gasteiger partial charge in [-0.3, -0.25) is 9.69 Å². The molecule has 1 saturated heterocycles. The fourth-order valence-corrected chi connectivity index (χ4v) is 7.31. The molecule has 2 aromatic rings. The van der Waals surface area contributed by atoms with Gasteiger partial charge in [-0.1, -0.05) is 24.3 Å². The number of nitrogens with zero attached hydrogens (tertiary/aromatic N) is 2. The first-order valence-corrected chi connectivity index (χ1v) is 14.2. The molecule has 4 N–H and O–H groups in total. The summed E-state index contributed by atoms with van der Waals surface area (Å²) in [4.78, 5) is 19.8. The van der Waals surface area contributed by atoms with Crippen molar-refractivity contribution in [3.05, 3.63) is 47.7 Å². The van der Waals surface area contributed by atoms with E-state index in [1.165, 1.54) is 12.0 Å². The van der Waals surface area contributed by atoms with Crippen LogP contribution in [0.25, 0.3) is 11.1 Å². The number of benzene rings is 1. The number of carbonyl (C=O) groups excluding carboxylic acids is 1. The van der Waals surface area contributed by atoms with Crippen molar-refractivity contribution < 1.29 is 18.7 Å². The maximum atomic E-state index is 13.7. The van der Waals surface area contributed by atoms with Gasteiger partial charge in [0, 0.05) is 55.2 Å². The number of amides is 1. The van der Waals surface area contributed by atoms with Gasteiger partial charge in [0.2, 0.25) is 5.92 Å². The fraction of sp³-hybridized carbons (Fsp3) is 0.600. The van der Waals surface area contributed by atoms with E-state index in [9.17, 15) is 18.7 Å². The molecule has 0 bridgehead atoms. The number of rotatable bonds is 5. The number of aliphatic hydroxyl groups is 1. The number of alkyl halides is 2. The quantitative estimate of drug-likeness (QED) is 0.517. The van der Waals surface area contributed by atoms with Crippen molar-refractivity contribution in [2.45, 2.75) is 93.7 Å². The summed E-state index contributed by atoms with van der Waals surface area (Å²) in [6.07, 6.45) is 7.90. The van der Waals surface area contributed by atoms with Crippen molar-refractivity contribution in [2.75, 3.05) is 18.8 Å². The Bertz CT molecular complexity index is 1170. The van der Waals surface area contributed by atoms with Crippen LogP contribution in [0.4, 0.5) is 14.6 Å². The second kappa shape index (κ2) is 9.87. The van der Waals surface area contributed by atoms with E-state index in [-0.39, 0.29) is 48.2 Å². The first kappa shape index (κ1) is 25.7. The van der Waals surface area contributed by atoms with Crippen LogP contribution >= 0.6 is 0 Å². The molecule has 1 amide bonds. The lowest BCUT2D eigenvalue weighted by molar-refractivity contribution is -0.0519. The molecule has 4 fully saturated rings. The molecular weight excluding hydrogens is 486 g/mol. The predicted octanol–water partition coefficient (Wildman–Crippen LogP) is 4.91. The summed E-state index contributed by atoms with van der Waals surface area (Å²) in [5, 5.41) is 12.8. The molecule has 0 unspecified atom stereocenters. The monoisotopic (exact) mass is 524 g/mol. The number of pyridine rings is 1. The minimum Gasteiger partial charge on any atom is -0.393 e. The van der Waals surface area contributed by atoms with E-state index >= 15 is 0 Å². The Morgan fingerprint density at radius 3 is 2.37 bits per heavy atom. The summed E-state index contributed by atoms with van der Waals surface area (Å²) in [5.41, 5.74) is 9.71. The molecule has 3 saturated carbocycles. The summed E-state index contributed by atoms with van der Waals surface area (Å²) < 4.78 is 27.4. The van der Waals surface area contributed by atoms with Crippen LogP contribution in [0, 0.1) is 5.92 Å². The van der Waals surface area contributed by atoms with Crippen LogP contribution in [0.5, 0.6) is 0 Å². The van der Waals surface area contributed by atoms with Crippen LogP contribution in [-0.4, -0.2) is 58.1 Å².